The van der Waals surface area contributed by atoms with Crippen molar-refractivity contribution in [2.24, 2.45) is 0 Å². The maximum absolute atomic E-state index is 10.6. The normalized spacial score (nSPS) is 10.0. The number of nitro groups is 1. The molecule has 0 bridgehead atoms. The maximum atomic E-state index is 10.6. The molecule has 0 amide bonds. The van der Waals surface area contributed by atoms with E-state index in [1.165, 1.54) is 6.07 Å². The number of nitrogens with zero attached hydrogens (tertiary/aromatic N) is 1. The van der Waals surface area contributed by atoms with Gasteiger partial charge in [-0.25, -0.2) is 0 Å². The van der Waals surface area contributed by atoms with Gasteiger partial charge >= 0.3 is 5.97 Å². The van der Waals surface area contributed by atoms with Gasteiger partial charge in [0, 0.05) is 6.07 Å². The van der Waals surface area contributed by atoms with Crippen LogP contribution in [0.2, 0.25) is 0 Å². The molecule has 6 heteroatoms. The van der Waals surface area contributed by atoms with Gasteiger partial charge in [0.25, 0.3) is 5.69 Å². The Kier molecular flexibility index (Phi) is 3.41. The van der Waals surface area contributed by atoms with Crippen molar-refractivity contribution in [1.29, 1.82) is 0 Å². The first-order chi connectivity index (χ1) is 6.91. The molecular weight excluding hydrogens is 266 g/mol. The van der Waals surface area contributed by atoms with Crippen molar-refractivity contribution in [2.75, 3.05) is 0 Å². The highest BCUT2D eigenvalue weighted by molar-refractivity contribution is 9.10. The molecule has 5 nitrogen and oxygen atoms in total. The molecule has 0 aliphatic rings. The van der Waals surface area contributed by atoms with Crippen LogP contribution in [0.15, 0.2) is 16.6 Å². The van der Waals surface area contributed by atoms with Gasteiger partial charge in [0.1, 0.15) is 0 Å². The number of carboxylic acids is 1. The van der Waals surface area contributed by atoms with Gasteiger partial charge in [0.15, 0.2) is 0 Å². The molecule has 80 valence electrons. The van der Waals surface area contributed by atoms with Crippen LogP contribution in [0.4, 0.5) is 5.69 Å². The number of hydrogen-bond acceptors (Lipinski definition) is 3. The zero-order chi connectivity index (χ0) is 11.6. The molecule has 1 N–H and O–H groups in total. The third kappa shape index (κ3) is 2.76. The average molecular weight is 274 g/mol. The first kappa shape index (κ1) is 11.6. The van der Waals surface area contributed by atoms with Crippen molar-refractivity contribution >= 4 is 27.6 Å². The van der Waals surface area contributed by atoms with E-state index in [0.29, 0.717) is 10.0 Å². The summed E-state index contributed by atoms with van der Waals surface area (Å²) in [4.78, 5) is 20.6. The summed E-state index contributed by atoms with van der Waals surface area (Å²) in [5.74, 6) is -1.00. The van der Waals surface area contributed by atoms with E-state index in [-0.39, 0.29) is 12.1 Å². The first-order valence-electron chi connectivity index (χ1n) is 4.07. The number of aryl methyl sites for hydroxylation is 1. The number of aliphatic carboxylic acids is 1. The van der Waals surface area contributed by atoms with Crippen LogP contribution in [-0.4, -0.2) is 16.0 Å². The van der Waals surface area contributed by atoms with Gasteiger partial charge in [-0.3, -0.25) is 14.9 Å². The third-order valence-electron chi connectivity index (χ3n) is 1.94. The predicted octanol–water partition coefficient (Wildman–Crippen LogP) is 2.29. The second kappa shape index (κ2) is 4.39. The molecule has 0 aromatic heterocycles. The number of benzene rings is 1. The second-order valence-corrected chi connectivity index (χ2v) is 3.91. The molecule has 0 heterocycles. The lowest BCUT2D eigenvalue weighted by Crippen LogP contribution is -2.03. The number of carboxylic acid groups (broad SMARTS) is 1. The Bertz CT molecular complexity index is 430. The SMILES string of the molecule is Cc1cc(Br)c([N+](=O)[O-])cc1CC(=O)O. The highest BCUT2D eigenvalue weighted by atomic mass is 79.9. The van der Waals surface area contributed by atoms with Crippen molar-refractivity contribution in [3.63, 3.8) is 0 Å². The molecule has 0 spiro atoms. The van der Waals surface area contributed by atoms with E-state index in [4.69, 9.17) is 5.11 Å². The number of nitro benzene ring substituents is 1. The van der Waals surface area contributed by atoms with Crippen LogP contribution in [0, 0.1) is 17.0 Å². The molecule has 0 saturated heterocycles. The Balaban J connectivity index is 3.23. The van der Waals surface area contributed by atoms with Crippen LogP contribution < -0.4 is 0 Å². The minimum Gasteiger partial charge on any atom is -0.481 e. The van der Waals surface area contributed by atoms with Crippen LogP contribution in [0.25, 0.3) is 0 Å². The van der Waals surface area contributed by atoms with Crippen LogP contribution in [-0.2, 0) is 11.2 Å². The number of halogens is 1. The maximum Gasteiger partial charge on any atom is 0.307 e. The smallest absolute Gasteiger partial charge is 0.307 e. The summed E-state index contributed by atoms with van der Waals surface area (Å²) >= 11 is 3.06. The van der Waals surface area contributed by atoms with Gasteiger partial charge in [-0.2, -0.15) is 0 Å². The fraction of sp³-hybridized carbons (Fsp3) is 0.222. The van der Waals surface area contributed by atoms with Gasteiger partial charge in [-0.15, -0.1) is 0 Å². The van der Waals surface area contributed by atoms with Gasteiger partial charge < -0.3 is 5.11 Å². The molecule has 0 fully saturated rings. The van der Waals surface area contributed by atoms with Crippen molar-refractivity contribution in [3.8, 4) is 0 Å². The topological polar surface area (TPSA) is 80.4 Å². The van der Waals surface area contributed by atoms with Crippen molar-refractivity contribution in [3.05, 3.63) is 37.8 Å². The fourth-order valence-corrected chi connectivity index (χ4v) is 1.80. The van der Waals surface area contributed by atoms with E-state index in [2.05, 4.69) is 15.9 Å². The van der Waals surface area contributed by atoms with Crippen molar-refractivity contribution < 1.29 is 14.8 Å². The summed E-state index contributed by atoms with van der Waals surface area (Å²) in [7, 11) is 0. The predicted molar refractivity (Wildman–Crippen MR) is 56.9 cm³/mol. The van der Waals surface area contributed by atoms with Gasteiger partial charge in [-0.1, -0.05) is 0 Å². The summed E-state index contributed by atoms with van der Waals surface area (Å²) in [6, 6.07) is 2.84. The largest absolute Gasteiger partial charge is 0.481 e. The summed E-state index contributed by atoms with van der Waals surface area (Å²) in [5.41, 5.74) is 1.06. The lowest BCUT2D eigenvalue weighted by atomic mass is 10.1. The van der Waals surface area contributed by atoms with Crippen molar-refractivity contribution in [1.82, 2.24) is 0 Å². The summed E-state index contributed by atoms with van der Waals surface area (Å²) < 4.78 is 0.360. The van der Waals surface area contributed by atoms with Crippen molar-refractivity contribution in [2.45, 2.75) is 13.3 Å². The standard InChI is InChI=1S/C9H8BrNO4/c1-5-2-7(10)8(11(14)15)3-6(5)4-9(12)13/h2-3H,4H2,1H3,(H,12,13). The van der Waals surface area contributed by atoms with Crippen LogP contribution in [0.3, 0.4) is 0 Å². The molecule has 1 aromatic rings. The first-order valence-corrected chi connectivity index (χ1v) is 4.86. The van der Waals surface area contributed by atoms with Gasteiger partial charge in [-0.05, 0) is 40.0 Å². The number of hydrogen-bond donors (Lipinski definition) is 1. The molecular formula is C9H8BrNO4. The zero-order valence-electron chi connectivity index (χ0n) is 7.86. The highest BCUT2D eigenvalue weighted by Crippen LogP contribution is 2.28. The average Bonchev–Trinajstić information content (AvgIpc) is 2.08. The molecule has 1 rings (SSSR count). The molecule has 0 saturated carbocycles. The lowest BCUT2D eigenvalue weighted by Gasteiger charge is -2.04. The Morgan fingerprint density at radius 1 is 1.60 bits per heavy atom. The highest BCUT2D eigenvalue weighted by Gasteiger charge is 2.15. The van der Waals surface area contributed by atoms with Crippen LogP contribution in [0.1, 0.15) is 11.1 Å². The Morgan fingerprint density at radius 3 is 2.67 bits per heavy atom. The molecule has 1 aromatic carbocycles. The van der Waals surface area contributed by atoms with E-state index in [9.17, 15) is 14.9 Å². The van der Waals surface area contributed by atoms with E-state index >= 15 is 0 Å². The Labute approximate surface area is 94.0 Å². The van der Waals surface area contributed by atoms with Gasteiger partial charge in [0.05, 0.1) is 15.8 Å². The Hall–Kier alpha value is -1.43. The summed E-state index contributed by atoms with van der Waals surface area (Å²) in [5, 5.41) is 19.2. The summed E-state index contributed by atoms with van der Waals surface area (Å²) in [6.07, 6.45) is -0.208. The fourth-order valence-electron chi connectivity index (χ4n) is 1.20. The molecule has 0 unspecified atom stereocenters. The van der Waals surface area contributed by atoms with E-state index in [0.717, 1.165) is 5.56 Å². The number of rotatable bonds is 3. The lowest BCUT2D eigenvalue weighted by molar-refractivity contribution is -0.385. The Morgan fingerprint density at radius 2 is 2.20 bits per heavy atom. The quantitative estimate of drug-likeness (QED) is 0.677. The molecule has 0 aliphatic carbocycles. The van der Waals surface area contributed by atoms with Crippen LogP contribution in [0.5, 0.6) is 0 Å². The molecule has 15 heavy (non-hydrogen) atoms. The second-order valence-electron chi connectivity index (χ2n) is 3.06. The minimum absolute atomic E-state index is 0.114. The zero-order valence-corrected chi connectivity index (χ0v) is 9.44. The number of carbonyl (C=O) groups is 1. The monoisotopic (exact) mass is 273 g/mol. The minimum atomic E-state index is -1.00. The summed E-state index contributed by atoms with van der Waals surface area (Å²) in [6.45, 7) is 1.72. The molecule has 0 radical (unpaired) electrons. The third-order valence-corrected chi connectivity index (χ3v) is 2.58. The molecule has 0 aliphatic heterocycles. The molecule has 0 atom stereocenters. The van der Waals surface area contributed by atoms with Crippen LogP contribution >= 0.6 is 15.9 Å². The van der Waals surface area contributed by atoms with E-state index < -0.39 is 10.9 Å². The van der Waals surface area contributed by atoms with Gasteiger partial charge in [0.2, 0.25) is 0 Å². The van der Waals surface area contributed by atoms with E-state index in [1.54, 1.807) is 13.0 Å². The van der Waals surface area contributed by atoms with E-state index in [1.807, 2.05) is 0 Å².